The first-order valence-electron chi connectivity index (χ1n) is 6.98. The van der Waals surface area contributed by atoms with E-state index >= 15 is 0 Å². The maximum absolute atomic E-state index is 13.7. The maximum atomic E-state index is 13.7. The first kappa shape index (κ1) is 15.1. The summed E-state index contributed by atoms with van der Waals surface area (Å²) in [6, 6.07) is 5.07. The smallest absolute Gasteiger partial charge is 0.308 e. The zero-order valence-electron chi connectivity index (χ0n) is 11.5. The minimum atomic E-state index is -0.343. The molecule has 3 nitrogen and oxygen atoms in total. The van der Waals surface area contributed by atoms with Crippen molar-refractivity contribution in [2.24, 2.45) is 5.92 Å². The molecule has 0 spiro atoms. The molecule has 0 aliphatic heterocycles. The van der Waals surface area contributed by atoms with Crippen LogP contribution < -0.4 is 4.84 Å². The highest BCUT2D eigenvalue weighted by molar-refractivity contribution is 6.23. The summed E-state index contributed by atoms with van der Waals surface area (Å²) >= 11 is 5.41. The van der Waals surface area contributed by atoms with Crippen LogP contribution in [0.25, 0.3) is 0 Å². The van der Waals surface area contributed by atoms with Crippen LogP contribution in [0.15, 0.2) is 18.2 Å². The first-order chi connectivity index (χ1) is 9.65. The molecule has 5 heteroatoms. The fraction of sp³-hybridized carbons (Fsp3) is 0.533. The van der Waals surface area contributed by atoms with Crippen molar-refractivity contribution >= 4 is 23.4 Å². The van der Waals surface area contributed by atoms with Gasteiger partial charge in [0.1, 0.15) is 5.82 Å². The van der Waals surface area contributed by atoms with Crippen LogP contribution >= 0.6 is 11.8 Å². The van der Waals surface area contributed by atoms with Gasteiger partial charge in [-0.2, -0.15) is 0 Å². The molecule has 0 unspecified atom stereocenters. The third-order valence-corrected chi connectivity index (χ3v) is 4.12. The quantitative estimate of drug-likeness (QED) is 0.668. The number of nitrogens with one attached hydrogen (secondary N) is 1. The highest BCUT2D eigenvalue weighted by Crippen LogP contribution is 2.37. The van der Waals surface area contributed by atoms with Crippen LogP contribution in [0.1, 0.15) is 44.1 Å². The van der Waals surface area contributed by atoms with Crippen LogP contribution in [0.3, 0.4) is 0 Å². The van der Waals surface area contributed by atoms with Crippen LogP contribution in [0.4, 0.5) is 10.1 Å². The molecule has 1 aromatic rings. The zero-order chi connectivity index (χ0) is 14.5. The highest BCUT2D eigenvalue weighted by atomic mass is 35.5. The molecule has 0 bridgehead atoms. The minimum absolute atomic E-state index is 0.000159. The number of ether oxygens (including phenoxy) is 1. The summed E-state index contributed by atoms with van der Waals surface area (Å²) in [5.41, 5.74) is 1.26. The van der Waals surface area contributed by atoms with Gasteiger partial charge in [0.15, 0.2) is 0 Å². The van der Waals surface area contributed by atoms with E-state index in [4.69, 9.17) is 16.5 Å². The normalized spacial score (nSPS) is 22.4. The first-order valence-corrected chi connectivity index (χ1v) is 7.36. The van der Waals surface area contributed by atoms with Gasteiger partial charge < -0.3 is 4.74 Å². The lowest BCUT2D eigenvalue weighted by Gasteiger charge is -2.27. The Morgan fingerprint density at radius 3 is 2.65 bits per heavy atom. The molecule has 1 aliphatic carbocycles. The van der Waals surface area contributed by atoms with Gasteiger partial charge in [0, 0.05) is 11.8 Å². The van der Waals surface area contributed by atoms with Crippen molar-refractivity contribution in [1.29, 1.82) is 0 Å². The largest absolute Gasteiger partial charge is 0.466 e. The van der Waals surface area contributed by atoms with E-state index in [1.165, 1.54) is 6.07 Å². The van der Waals surface area contributed by atoms with Crippen molar-refractivity contribution in [2.45, 2.75) is 38.5 Å². The van der Waals surface area contributed by atoms with Gasteiger partial charge in [-0.25, -0.2) is 4.39 Å². The number of hydrogen-bond donors (Lipinski definition) is 1. The second-order valence-electron chi connectivity index (χ2n) is 5.13. The van der Waals surface area contributed by atoms with E-state index in [0.717, 1.165) is 31.2 Å². The molecule has 0 aromatic heterocycles. The minimum Gasteiger partial charge on any atom is -0.466 e. The van der Waals surface area contributed by atoms with Crippen molar-refractivity contribution in [2.75, 3.05) is 11.4 Å². The lowest BCUT2D eigenvalue weighted by Crippen LogP contribution is -2.23. The van der Waals surface area contributed by atoms with Crippen LogP contribution in [-0.4, -0.2) is 12.6 Å². The molecule has 0 saturated heterocycles. The lowest BCUT2D eigenvalue weighted by atomic mass is 9.78. The molecular formula is C15H19ClFNO2. The summed E-state index contributed by atoms with van der Waals surface area (Å²) < 4.78 is 18.7. The van der Waals surface area contributed by atoms with E-state index < -0.39 is 0 Å². The summed E-state index contributed by atoms with van der Waals surface area (Å²) in [7, 11) is 0. The van der Waals surface area contributed by atoms with Crippen molar-refractivity contribution in [3.05, 3.63) is 29.6 Å². The fourth-order valence-corrected chi connectivity index (χ4v) is 2.94. The molecule has 1 aliphatic rings. The monoisotopic (exact) mass is 299 g/mol. The van der Waals surface area contributed by atoms with Gasteiger partial charge in [-0.3, -0.25) is 9.63 Å². The van der Waals surface area contributed by atoms with Crippen molar-refractivity contribution < 1.29 is 13.9 Å². The summed E-state index contributed by atoms with van der Waals surface area (Å²) in [5.74, 6) is -0.136. The number of anilines is 1. The molecule has 2 rings (SSSR count). The Morgan fingerprint density at radius 2 is 2.10 bits per heavy atom. The van der Waals surface area contributed by atoms with Gasteiger partial charge in [0.2, 0.25) is 0 Å². The Morgan fingerprint density at radius 1 is 1.40 bits per heavy atom. The van der Waals surface area contributed by atoms with E-state index in [2.05, 4.69) is 4.84 Å². The van der Waals surface area contributed by atoms with Gasteiger partial charge in [0.05, 0.1) is 18.2 Å². The molecule has 1 fully saturated rings. The van der Waals surface area contributed by atoms with Crippen LogP contribution in [0, 0.1) is 11.7 Å². The van der Waals surface area contributed by atoms with Gasteiger partial charge in [-0.05, 0) is 56.2 Å². The number of benzene rings is 1. The zero-order valence-corrected chi connectivity index (χ0v) is 12.3. The number of carbonyl (C=O) groups excluding carboxylic acids is 1. The molecule has 1 saturated carbocycles. The molecule has 1 aromatic carbocycles. The van der Waals surface area contributed by atoms with Crippen molar-refractivity contribution in [3.63, 3.8) is 0 Å². The fourth-order valence-electron chi connectivity index (χ4n) is 2.78. The SMILES string of the molecule is CCOC(=O)[C@H]1CC[C@H](c2ccc(NCl)c(F)c2)CC1. The van der Waals surface area contributed by atoms with E-state index in [1.54, 1.807) is 6.07 Å². The van der Waals surface area contributed by atoms with E-state index in [9.17, 15) is 9.18 Å². The molecule has 0 radical (unpaired) electrons. The third-order valence-electron chi connectivity index (χ3n) is 3.91. The molecular weight excluding hydrogens is 281 g/mol. The van der Waals surface area contributed by atoms with E-state index in [-0.39, 0.29) is 23.4 Å². The van der Waals surface area contributed by atoms with Crippen molar-refractivity contribution in [3.8, 4) is 0 Å². The van der Waals surface area contributed by atoms with Gasteiger partial charge in [-0.1, -0.05) is 6.07 Å². The van der Waals surface area contributed by atoms with Crippen LogP contribution in [0.5, 0.6) is 0 Å². The van der Waals surface area contributed by atoms with Crippen LogP contribution in [0.2, 0.25) is 0 Å². The van der Waals surface area contributed by atoms with Crippen LogP contribution in [-0.2, 0) is 9.53 Å². The summed E-state index contributed by atoms with van der Waals surface area (Å²) in [6.45, 7) is 2.25. The molecule has 1 N–H and O–H groups in total. The van der Waals surface area contributed by atoms with Gasteiger partial charge in [-0.15, -0.1) is 0 Å². The van der Waals surface area contributed by atoms with Crippen molar-refractivity contribution in [1.82, 2.24) is 0 Å². The summed E-state index contributed by atoms with van der Waals surface area (Å²) in [5, 5.41) is 0. The average molecular weight is 300 g/mol. The second kappa shape index (κ2) is 6.93. The Labute approximate surface area is 123 Å². The molecule has 0 heterocycles. The molecule has 20 heavy (non-hydrogen) atoms. The third kappa shape index (κ3) is 3.42. The molecule has 0 atom stereocenters. The number of hydrogen-bond acceptors (Lipinski definition) is 3. The number of carbonyl (C=O) groups is 1. The maximum Gasteiger partial charge on any atom is 0.308 e. The molecule has 110 valence electrons. The summed E-state index contributed by atoms with van der Waals surface area (Å²) in [6.07, 6.45) is 3.38. The van der Waals surface area contributed by atoms with E-state index in [1.807, 2.05) is 13.0 Å². The predicted molar refractivity (Wildman–Crippen MR) is 77.2 cm³/mol. The predicted octanol–water partition coefficient (Wildman–Crippen LogP) is 4.23. The lowest BCUT2D eigenvalue weighted by molar-refractivity contribution is -0.149. The summed E-state index contributed by atoms with van der Waals surface area (Å²) in [4.78, 5) is 14.0. The average Bonchev–Trinajstić information content (AvgIpc) is 2.47. The Kier molecular flexibility index (Phi) is 5.24. The Balaban J connectivity index is 1.97. The standard InChI is InChI=1S/C15H19ClFNO2/c1-2-20-15(19)11-5-3-10(4-6-11)12-7-8-14(18-16)13(17)9-12/h7-11,18H,2-6H2,1H3/t10-,11-. The van der Waals surface area contributed by atoms with Gasteiger partial charge >= 0.3 is 5.97 Å². The van der Waals surface area contributed by atoms with E-state index in [0.29, 0.717) is 12.5 Å². The number of esters is 1. The number of halogens is 2. The molecule has 0 amide bonds. The highest BCUT2D eigenvalue weighted by Gasteiger charge is 2.28. The number of rotatable bonds is 4. The topological polar surface area (TPSA) is 38.3 Å². The Hall–Kier alpha value is -1.29. The second-order valence-corrected chi connectivity index (χ2v) is 5.32. The van der Waals surface area contributed by atoms with Gasteiger partial charge in [0.25, 0.3) is 0 Å². The Bertz CT molecular complexity index is 473.